The SMILES string of the molecule is Cc1ccc(CN(CCN)C(=S)Nc2ccc3cnccc3c2)cc1. The molecule has 0 radical (unpaired) electrons. The molecule has 0 aliphatic rings. The van der Waals surface area contributed by atoms with Crippen molar-refractivity contribution in [2.75, 3.05) is 18.4 Å². The van der Waals surface area contributed by atoms with Gasteiger partial charge in [-0.2, -0.15) is 0 Å². The van der Waals surface area contributed by atoms with Gasteiger partial charge in [-0.05, 0) is 48.3 Å². The predicted octanol–water partition coefficient (Wildman–Crippen LogP) is 3.70. The van der Waals surface area contributed by atoms with Gasteiger partial charge in [-0.3, -0.25) is 4.98 Å². The van der Waals surface area contributed by atoms with Crippen LogP contribution in [-0.4, -0.2) is 28.1 Å². The Morgan fingerprint density at radius 3 is 2.68 bits per heavy atom. The number of nitrogens with one attached hydrogen (secondary N) is 1. The molecule has 0 saturated carbocycles. The lowest BCUT2D eigenvalue weighted by atomic mass is 10.1. The molecular formula is C20H22N4S. The quantitative estimate of drug-likeness (QED) is 0.687. The number of nitrogens with two attached hydrogens (primary N) is 1. The van der Waals surface area contributed by atoms with Crippen LogP contribution in [0.15, 0.2) is 60.9 Å². The highest BCUT2D eigenvalue weighted by Gasteiger charge is 2.10. The number of rotatable bonds is 5. The summed E-state index contributed by atoms with van der Waals surface area (Å²) in [4.78, 5) is 6.23. The first-order chi connectivity index (χ1) is 12.2. The molecule has 3 aromatic rings. The average molecular weight is 350 g/mol. The van der Waals surface area contributed by atoms with Gasteiger partial charge in [0, 0.05) is 43.1 Å². The second kappa shape index (κ2) is 8.05. The fraction of sp³-hybridized carbons (Fsp3) is 0.200. The van der Waals surface area contributed by atoms with Crippen LogP contribution >= 0.6 is 12.2 Å². The zero-order valence-electron chi connectivity index (χ0n) is 14.3. The van der Waals surface area contributed by atoms with Crippen LogP contribution in [0.25, 0.3) is 10.8 Å². The second-order valence-corrected chi connectivity index (χ2v) is 6.45. The Kier molecular flexibility index (Phi) is 5.58. The minimum Gasteiger partial charge on any atom is -0.343 e. The molecule has 25 heavy (non-hydrogen) atoms. The van der Waals surface area contributed by atoms with Crippen LogP contribution in [0.3, 0.4) is 0 Å². The highest BCUT2D eigenvalue weighted by Crippen LogP contribution is 2.18. The molecule has 4 nitrogen and oxygen atoms in total. The Morgan fingerprint density at radius 2 is 1.92 bits per heavy atom. The number of benzene rings is 2. The molecule has 1 aromatic heterocycles. The summed E-state index contributed by atoms with van der Waals surface area (Å²) >= 11 is 5.62. The molecule has 0 amide bonds. The van der Waals surface area contributed by atoms with Crippen LogP contribution in [-0.2, 0) is 6.54 Å². The molecule has 0 unspecified atom stereocenters. The minimum atomic E-state index is 0.553. The summed E-state index contributed by atoms with van der Waals surface area (Å²) in [6.45, 7) is 4.08. The molecule has 5 heteroatoms. The number of hydrogen-bond acceptors (Lipinski definition) is 3. The third-order valence-corrected chi connectivity index (χ3v) is 4.43. The van der Waals surface area contributed by atoms with Crippen molar-refractivity contribution in [3.05, 3.63) is 72.1 Å². The van der Waals surface area contributed by atoms with Crippen LogP contribution in [0, 0.1) is 6.92 Å². The third kappa shape index (κ3) is 4.53. The largest absolute Gasteiger partial charge is 0.343 e. The molecular weight excluding hydrogens is 328 g/mol. The van der Waals surface area contributed by atoms with Gasteiger partial charge in [-0.15, -0.1) is 0 Å². The smallest absolute Gasteiger partial charge is 0.173 e. The summed E-state index contributed by atoms with van der Waals surface area (Å²) < 4.78 is 0. The zero-order chi connectivity index (χ0) is 17.6. The summed E-state index contributed by atoms with van der Waals surface area (Å²) in [5.41, 5.74) is 9.21. The van der Waals surface area contributed by atoms with E-state index in [9.17, 15) is 0 Å². The van der Waals surface area contributed by atoms with Crippen molar-refractivity contribution in [1.82, 2.24) is 9.88 Å². The van der Waals surface area contributed by atoms with Gasteiger partial charge < -0.3 is 16.0 Å². The van der Waals surface area contributed by atoms with Crippen molar-refractivity contribution >= 4 is 33.8 Å². The molecule has 1 heterocycles. The first-order valence-electron chi connectivity index (χ1n) is 8.31. The molecule has 0 atom stereocenters. The zero-order valence-corrected chi connectivity index (χ0v) is 15.1. The Labute approximate surface area is 153 Å². The van der Waals surface area contributed by atoms with Crippen molar-refractivity contribution in [3.8, 4) is 0 Å². The van der Waals surface area contributed by atoms with E-state index >= 15 is 0 Å². The maximum Gasteiger partial charge on any atom is 0.173 e. The molecule has 3 N–H and O–H groups in total. The number of hydrogen-bond donors (Lipinski definition) is 2. The standard InChI is InChI=1S/C20H22N4S/c1-15-2-4-16(5-3-15)14-24(11-9-21)20(25)23-19-7-6-18-13-22-10-8-17(18)12-19/h2-8,10,12-13H,9,11,14,21H2,1H3,(H,23,25). The highest BCUT2D eigenvalue weighted by molar-refractivity contribution is 7.80. The van der Waals surface area contributed by atoms with Crippen LogP contribution in [0.4, 0.5) is 5.69 Å². The van der Waals surface area contributed by atoms with E-state index in [0.29, 0.717) is 18.2 Å². The molecule has 0 spiro atoms. The lowest BCUT2D eigenvalue weighted by Crippen LogP contribution is -2.37. The topological polar surface area (TPSA) is 54.2 Å². The first kappa shape index (κ1) is 17.3. The van der Waals surface area contributed by atoms with Crippen molar-refractivity contribution in [3.63, 3.8) is 0 Å². The summed E-state index contributed by atoms with van der Waals surface area (Å²) in [7, 11) is 0. The highest BCUT2D eigenvalue weighted by atomic mass is 32.1. The number of pyridine rings is 1. The van der Waals surface area contributed by atoms with E-state index in [1.54, 1.807) is 6.20 Å². The van der Waals surface area contributed by atoms with Crippen LogP contribution in [0.5, 0.6) is 0 Å². The van der Waals surface area contributed by atoms with Gasteiger partial charge in [0.05, 0.1) is 0 Å². The summed E-state index contributed by atoms with van der Waals surface area (Å²) in [5.74, 6) is 0. The maximum atomic E-state index is 5.78. The monoisotopic (exact) mass is 350 g/mol. The molecule has 0 bridgehead atoms. The third-order valence-electron chi connectivity index (χ3n) is 4.07. The van der Waals surface area contributed by atoms with E-state index in [2.05, 4.69) is 52.5 Å². The van der Waals surface area contributed by atoms with E-state index in [1.807, 2.05) is 24.4 Å². The van der Waals surface area contributed by atoms with Crippen molar-refractivity contribution in [2.45, 2.75) is 13.5 Å². The number of aryl methyl sites for hydroxylation is 1. The van der Waals surface area contributed by atoms with Gasteiger partial charge in [0.1, 0.15) is 0 Å². The predicted molar refractivity (Wildman–Crippen MR) is 109 cm³/mol. The van der Waals surface area contributed by atoms with Crippen molar-refractivity contribution in [1.29, 1.82) is 0 Å². The molecule has 0 saturated heterocycles. The first-order valence-corrected chi connectivity index (χ1v) is 8.72. The minimum absolute atomic E-state index is 0.553. The Bertz CT molecular complexity index is 861. The molecule has 0 aliphatic heterocycles. The van der Waals surface area contributed by atoms with E-state index in [1.165, 1.54) is 11.1 Å². The fourth-order valence-corrected chi connectivity index (χ4v) is 2.96. The van der Waals surface area contributed by atoms with Gasteiger partial charge in [-0.1, -0.05) is 35.9 Å². The second-order valence-electron chi connectivity index (χ2n) is 6.06. The molecule has 0 aliphatic carbocycles. The van der Waals surface area contributed by atoms with Gasteiger partial charge >= 0.3 is 0 Å². The lowest BCUT2D eigenvalue weighted by Gasteiger charge is -2.25. The lowest BCUT2D eigenvalue weighted by molar-refractivity contribution is 0.429. The van der Waals surface area contributed by atoms with Crippen molar-refractivity contribution in [2.24, 2.45) is 5.73 Å². The van der Waals surface area contributed by atoms with E-state index < -0.39 is 0 Å². The Balaban J connectivity index is 1.73. The summed E-state index contributed by atoms with van der Waals surface area (Å²) in [6.07, 6.45) is 3.65. The molecule has 2 aromatic carbocycles. The number of aromatic nitrogens is 1. The fourth-order valence-electron chi connectivity index (χ4n) is 2.69. The van der Waals surface area contributed by atoms with Crippen LogP contribution in [0.2, 0.25) is 0 Å². The Morgan fingerprint density at radius 1 is 1.12 bits per heavy atom. The number of nitrogens with zero attached hydrogens (tertiary/aromatic N) is 2. The van der Waals surface area contributed by atoms with Crippen molar-refractivity contribution < 1.29 is 0 Å². The number of fused-ring (bicyclic) bond motifs is 1. The van der Waals surface area contributed by atoms with Crippen LogP contribution in [0.1, 0.15) is 11.1 Å². The number of thiocarbonyl (C=S) groups is 1. The number of anilines is 1. The van der Waals surface area contributed by atoms with E-state index in [4.69, 9.17) is 18.0 Å². The molecule has 0 fully saturated rings. The normalized spacial score (nSPS) is 10.6. The summed E-state index contributed by atoms with van der Waals surface area (Å²) in [6, 6.07) is 16.6. The summed E-state index contributed by atoms with van der Waals surface area (Å²) in [5, 5.41) is 6.25. The van der Waals surface area contributed by atoms with Gasteiger partial charge in [0.15, 0.2) is 5.11 Å². The van der Waals surface area contributed by atoms with E-state index in [-0.39, 0.29) is 0 Å². The van der Waals surface area contributed by atoms with Gasteiger partial charge in [0.25, 0.3) is 0 Å². The maximum absolute atomic E-state index is 5.78. The Hall–Kier alpha value is -2.50. The average Bonchev–Trinajstić information content (AvgIpc) is 2.63. The van der Waals surface area contributed by atoms with E-state index in [0.717, 1.165) is 23.0 Å². The molecule has 128 valence electrons. The van der Waals surface area contributed by atoms with Gasteiger partial charge in [-0.25, -0.2) is 0 Å². The van der Waals surface area contributed by atoms with Crippen LogP contribution < -0.4 is 11.1 Å². The molecule has 3 rings (SSSR count). The van der Waals surface area contributed by atoms with Gasteiger partial charge in [0.2, 0.25) is 0 Å².